The molecule has 1 aromatic rings. The fraction of sp³-hybridized carbons (Fsp3) is 0.500. The molecule has 0 aromatic heterocycles. The third-order valence-electron chi connectivity index (χ3n) is 3.30. The van der Waals surface area contributed by atoms with E-state index in [-0.39, 0.29) is 12.0 Å². The van der Waals surface area contributed by atoms with Crippen LogP contribution in [0.5, 0.6) is 5.75 Å². The fourth-order valence-electron chi connectivity index (χ4n) is 1.81. The van der Waals surface area contributed by atoms with E-state index in [1.54, 1.807) is 12.2 Å². The van der Waals surface area contributed by atoms with Crippen LogP contribution < -0.4 is 10.1 Å². The van der Waals surface area contributed by atoms with Crippen molar-refractivity contribution in [2.24, 2.45) is 0 Å². The monoisotopic (exact) mass is 304 g/mol. The molecule has 0 aliphatic heterocycles. The van der Waals surface area contributed by atoms with Gasteiger partial charge in [-0.1, -0.05) is 12.1 Å². The Kier molecular flexibility index (Phi) is 7.67. The zero-order valence-corrected chi connectivity index (χ0v) is 14.3. The van der Waals surface area contributed by atoms with E-state index in [4.69, 9.17) is 4.74 Å². The Morgan fingerprint density at radius 2 is 2.05 bits per heavy atom. The first-order chi connectivity index (χ1) is 10.4. The molecule has 0 heterocycles. The van der Waals surface area contributed by atoms with Crippen LogP contribution in [0.4, 0.5) is 0 Å². The van der Waals surface area contributed by atoms with Crippen LogP contribution in [0, 0.1) is 0 Å². The molecule has 4 heteroatoms. The summed E-state index contributed by atoms with van der Waals surface area (Å²) >= 11 is 0. The second kappa shape index (κ2) is 9.26. The number of hydrogen-bond donors (Lipinski definition) is 1. The molecular formula is C18H28N2O2. The van der Waals surface area contributed by atoms with Crippen molar-refractivity contribution >= 4 is 12.0 Å². The molecule has 122 valence electrons. The van der Waals surface area contributed by atoms with E-state index in [9.17, 15) is 4.79 Å². The van der Waals surface area contributed by atoms with Crippen molar-refractivity contribution in [1.82, 2.24) is 10.2 Å². The van der Waals surface area contributed by atoms with Gasteiger partial charge in [-0.3, -0.25) is 4.79 Å². The second-order valence-corrected chi connectivity index (χ2v) is 5.94. The Balaban J connectivity index is 2.45. The van der Waals surface area contributed by atoms with Gasteiger partial charge in [0.15, 0.2) is 0 Å². The van der Waals surface area contributed by atoms with Gasteiger partial charge in [-0.2, -0.15) is 0 Å². The number of nitrogens with one attached hydrogen (secondary N) is 1. The van der Waals surface area contributed by atoms with E-state index < -0.39 is 0 Å². The molecule has 0 aliphatic carbocycles. The number of carbonyl (C=O) groups excluding carboxylic acids is 1. The summed E-state index contributed by atoms with van der Waals surface area (Å²) in [6.45, 7) is 9.74. The van der Waals surface area contributed by atoms with Crippen LogP contribution in [-0.4, -0.2) is 43.1 Å². The van der Waals surface area contributed by atoms with E-state index in [2.05, 4.69) is 24.1 Å². The number of benzene rings is 1. The van der Waals surface area contributed by atoms with Crippen molar-refractivity contribution in [1.29, 1.82) is 0 Å². The van der Waals surface area contributed by atoms with E-state index in [1.165, 1.54) is 0 Å². The van der Waals surface area contributed by atoms with Gasteiger partial charge in [0.05, 0.1) is 6.10 Å². The molecule has 0 bridgehead atoms. The maximum atomic E-state index is 11.8. The Bertz CT molecular complexity index is 496. The summed E-state index contributed by atoms with van der Waals surface area (Å²) in [5.41, 5.74) is 0.951. The lowest BCUT2D eigenvalue weighted by Gasteiger charge is -2.20. The summed E-state index contributed by atoms with van der Waals surface area (Å²) in [6.07, 6.45) is 3.50. The zero-order chi connectivity index (χ0) is 16.5. The Morgan fingerprint density at radius 1 is 1.32 bits per heavy atom. The van der Waals surface area contributed by atoms with Gasteiger partial charge >= 0.3 is 0 Å². The van der Waals surface area contributed by atoms with Crippen LogP contribution in [0.15, 0.2) is 30.3 Å². The number of likely N-dealkylation sites (N-methyl/N-ethyl adjacent to an activating group) is 1. The highest BCUT2D eigenvalue weighted by molar-refractivity contribution is 5.91. The standard InChI is InChI=1S/C18H28N2O2/c1-14(2)20(5)12-11-19-18(21)10-9-16-7-6-8-17(13-16)22-15(3)4/h6-10,13-15H,11-12H2,1-5H3,(H,19,21)/b10-9+. The molecule has 22 heavy (non-hydrogen) atoms. The van der Waals surface area contributed by atoms with Crippen molar-refractivity contribution in [2.75, 3.05) is 20.1 Å². The van der Waals surface area contributed by atoms with Crippen molar-refractivity contribution in [3.63, 3.8) is 0 Å². The minimum absolute atomic E-state index is 0.0765. The van der Waals surface area contributed by atoms with Crippen molar-refractivity contribution < 1.29 is 9.53 Å². The normalized spacial score (nSPS) is 11.6. The first-order valence-electron chi connectivity index (χ1n) is 7.81. The Morgan fingerprint density at radius 3 is 2.68 bits per heavy atom. The molecule has 0 spiro atoms. The molecule has 0 fully saturated rings. The molecule has 1 aromatic carbocycles. The molecule has 0 aliphatic rings. The molecular weight excluding hydrogens is 276 g/mol. The van der Waals surface area contributed by atoms with E-state index in [1.807, 2.05) is 45.2 Å². The van der Waals surface area contributed by atoms with Crippen molar-refractivity contribution in [2.45, 2.75) is 39.8 Å². The number of ether oxygens (including phenoxy) is 1. The summed E-state index contributed by atoms with van der Waals surface area (Å²) < 4.78 is 5.64. The average molecular weight is 304 g/mol. The lowest BCUT2D eigenvalue weighted by molar-refractivity contribution is -0.116. The van der Waals surface area contributed by atoms with E-state index >= 15 is 0 Å². The van der Waals surface area contributed by atoms with Gasteiger partial charge < -0.3 is 15.0 Å². The predicted molar refractivity (Wildman–Crippen MR) is 92.0 cm³/mol. The SMILES string of the molecule is CC(C)Oc1cccc(/C=C/C(=O)NCCN(C)C(C)C)c1. The maximum Gasteiger partial charge on any atom is 0.244 e. The first-order valence-corrected chi connectivity index (χ1v) is 7.81. The summed E-state index contributed by atoms with van der Waals surface area (Å²) in [7, 11) is 2.05. The van der Waals surface area contributed by atoms with Gasteiger partial charge in [0.25, 0.3) is 0 Å². The molecule has 1 rings (SSSR count). The van der Waals surface area contributed by atoms with Gasteiger partial charge in [0.1, 0.15) is 5.75 Å². The third-order valence-corrected chi connectivity index (χ3v) is 3.30. The quantitative estimate of drug-likeness (QED) is 0.751. The highest BCUT2D eigenvalue weighted by atomic mass is 16.5. The third kappa shape index (κ3) is 7.27. The molecule has 0 saturated carbocycles. The van der Waals surface area contributed by atoms with Gasteiger partial charge in [-0.25, -0.2) is 0 Å². The van der Waals surface area contributed by atoms with Crippen LogP contribution in [0.25, 0.3) is 6.08 Å². The lowest BCUT2D eigenvalue weighted by atomic mass is 10.2. The number of rotatable bonds is 8. The second-order valence-electron chi connectivity index (χ2n) is 5.94. The first kappa shape index (κ1) is 18.2. The predicted octanol–water partition coefficient (Wildman–Crippen LogP) is 2.94. The van der Waals surface area contributed by atoms with Gasteiger partial charge in [0, 0.05) is 25.2 Å². The van der Waals surface area contributed by atoms with E-state index in [0.717, 1.165) is 17.9 Å². The number of nitrogens with zero attached hydrogens (tertiary/aromatic N) is 1. The summed E-state index contributed by atoms with van der Waals surface area (Å²) in [5, 5.41) is 2.89. The zero-order valence-electron chi connectivity index (χ0n) is 14.3. The highest BCUT2D eigenvalue weighted by Crippen LogP contribution is 2.15. The summed E-state index contributed by atoms with van der Waals surface area (Å²) in [5.74, 6) is 0.739. The van der Waals surface area contributed by atoms with Gasteiger partial charge in [-0.15, -0.1) is 0 Å². The minimum Gasteiger partial charge on any atom is -0.491 e. The molecule has 0 atom stereocenters. The molecule has 1 amide bonds. The lowest BCUT2D eigenvalue weighted by Crippen LogP contribution is -2.35. The number of hydrogen-bond acceptors (Lipinski definition) is 3. The van der Waals surface area contributed by atoms with Crippen molar-refractivity contribution in [3.8, 4) is 5.75 Å². The van der Waals surface area contributed by atoms with Gasteiger partial charge in [0.2, 0.25) is 5.91 Å². The van der Waals surface area contributed by atoms with Crippen molar-refractivity contribution in [3.05, 3.63) is 35.9 Å². The van der Waals surface area contributed by atoms with Crippen LogP contribution in [0.1, 0.15) is 33.3 Å². The Hall–Kier alpha value is -1.81. The number of carbonyl (C=O) groups is 1. The maximum absolute atomic E-state index is 11.8. The smallest absolute Gasteiger partial charge is 0.244 e. The van der Waals surface area contributed by atoms with Crippen LogP contribution in [0.2, 0.25) is 0 Å². The molecule has 1 N–H and O–H groups in total. The van der Waals surface area contributed by atoms with Crippen LogP contribution in [0.3, 0.4) is 0 Å². The Labute approximate surface area is 134 Å². The average Bonchev–Trinajstić information content (AvgIpc) is 2.44. The van der Waals surface area contributed by atoms with E-state index in [0.29, 0.717) is 12.6 Å². The molecule has 0 unspecified atom stereocenters. The minimum atomic E-state index is -0.0765. The summed E-state index contributed by atoms with van der Waals surface area (Å²) in [6, 6.07) is 8.20. The largest absolute Gasteiger partial charge is 0.491 e. The molecule has 0 saturated heterocycles. The highest BCUT2D eigenvalue weighted by Gasteiger charge is 2.03. The van der Waals surface area contributed by atoms with Gasteiger partial charge in [-0.05, 0) is 58.5 Å². The van der Waals surface area contributed by atoms with Crippen LogP contribution >= 0.6 is 0 Å². The molecule has 0 radical (unpaired) electrons. The topological polar surface area (TPSA) is 41.6 Å². The van der Waals surface area contributed by atoms with Crippen LogP contribution in [-0.2, 0) is 4.79 Å². The fourth-order valence-corrected chi connectivity index (χ4v) is 1.81. The number of amides is 1. The molecule has 4 nitrogen and oxygen atoms in total. The summed E-state index contributed by atoms with van der Waals surface area (Å²) in [4.78, 5) is 14.0.